The van der Waals surface area contributed by atoms with E-state index in [-0.39, 0.29) is 35.7 Å². The van der Waals surface area contributed by atoms with Gasteiger partial charge in [-0.05, 0) is 68.1 Å². The van der Waals surface area contributed by atoms with Crippen LogP contribution in [0.4, 0.5) is 0 Å². The van der Waals surface area contributed by atoms with E-state index in [0.717, 1.165) is 31.4 Å². The van der Waals surface area contributed by atoms with Crippen LogP contribution in [0.1, 0.15) is 47.9 Å². The summed E-state index contributed by atoms with van der Waals surface area (Å²) in [7, 11) is 0. The monoisotopic (exact) mass is 530 g/mol. The molecule has 5 rings (SSSR count). The zero-order chi connectivity index (χ0) is 26.5. The molecule has 4 aromatic rings. The van der Waals surface area contributed by atoms with Gasteiger partial charge in [-0.3, -0.25) is 19.0 Å². The molecule has 9 heteroatoms. The molecule has 0 unspecified atom stereocenters. The Bertz CT molecular complexity index is 1480. The number of rotatable bonds is 8. The molecular weight excluding hydrogens is 500 g/mol. The van der Waals surface area contributed by atoms with E-state index in [4.69, 9.17) is 9.40 Å². The smallest absolute Gasteiger partial charge is 0.262 e. The van der Waals surface area contributed by atoms with E-state index in [2.05, 4.69) is 12.2 Å². The van der Waals surface area contributed by atoms with Gasteiger partial charge in [-0.15, -0.1) is 0 Å². The van der Waals surface area contributed by atoms with Crippen LogP contribution in [0.15, 0.2) is 81.3 Å². The van der Waals surface area contributed by atoms with Crippen LogP contribution >= 0.6 is 11.8 Å². The zero-order valence-corrected chi connectivity index (χ0v) is 22.1. The van der Waals surface area contributed by atoms with Crippen LogP contribution in [0.5, 0.6) is 0 Å². The highest BCUT2D eigenvalue weighted by Gasteiger charge is 2.24. The van der Waals surface area contributed by atoms with Gasteiger partial charge in [0.05, 0.1) is 36.0 Å². The highest BCUT2D eigenvalue weighted by atomic mass is 32.2. The molecule has 2 aromatic carbocycles. The third-order valence-electron chi connectivity index (χ3n) is 6.83. The summed E-state index contributed by atoms with van der Waals surface area (Å²) in [5, 5.41) is 3.86. The summed E-state index contributed by atoms with van der Waals surface area (Å²) >= 11 is 1.30. The van der Waals surface area contributed by atoms with Crippen molar-refractivity contribution in [2.24, 2.45) is 0 Å². The van der Waals surface area contributed by atoms with Crippen molar-refractivity contribution in [1.82, 2.24) is 19.8 Å². The van der Waals surface area contributed by atoms with Crippen LogP contribution in [0.2, 0.25) is 0 Å². The van der Waals surface area contributed by atoms with Gasteiger partial charge < -0.3 is 14.6 Å². The van der Waals surface area contributed by atoms with Crippen molar-refractivity contribution >= 4 is 34.5 Å². The zero-order valence-electron chi connectivity index (χ0n) is 21.3. The SMILES string of the molecule is C[C@H]1CCCCN1C(=O)CSc1nc2ccccc2c(=O)n1Cc1ccc(C(=O)NCc2ccco2)cc1. The third kappa shape index (κ3) is 5.83. The third-order valence-corrected chi connectivity index (χ3v) is 7.80. The number of amides is 2. The number of furan rings is 1. The maximum Gasteiger partial charge on any atom is 0.262 e. The van der Waals surface area contributed by atoms with Crippen LogP contribution in [0.3, 0.4) is 0 Å². The number of carbonyl (C=O) groups is 2. The fraction of sp³-hybridized carbons (Fsp3) is 0.310. The Balaban J connectivity index is 1.34. The van der Waals surface area contributed by atoms with Gasteiger partial charge in [0.15, 0.2) is 5.16 Å². The molecule has 1 atom stereocenters. The molecule has 0 saturated carbocycles. The first-order valence-corrected chi connectivity index (χ1v) is 13.8. The number of carbonyl (C=O) groups excluding carboxylic acids is 2. The summed E-state index contributed by atoms with van der Waals surface area (Å²) in [4.78, 5) is 45.6. The number of para-hydroxylation sites is 1. The summed E-state index contributed by atoms with van der Waals surface area (Å²) in [6, 6.07) is 18.2. The Labute approximate surface area is 225 Å². The predicted molar refractivity (Wildman–Crippen MR) is 147 cm³/mol. The summed E-state index contributed by atoms with van der Waals surface area (Å²) in [5.41, 5.74) is 1.82. The minimum atomic E-state index is -0.209. The Hall–Kier alpha value is -3.85. The molecule has 1 aliphatic rings. The van der Waals surface area contributed by atoms with Crippen molar-refractivity contribution in [3.63, 3.8) is 0 Å². The molecule has 1 N–H and O–H groups in total. The second kappa shape index (κ2) is 11.7. The average molecular weight is 531 g/mol. The van der Waals surface area contributed by atoms with Crippen LogP contribution < -0.4 is 10.9 Å². The van der Waals surface area contributed by atoms with Gasteiger partial charge in [0.2, 0.25) is 5.91 Å². The van der Waals surface area contributed by atoms with Crippen LogP contribution in [-0.2, 0) is 17.9 Å². The van der Waals surface area contributed by atoms with E-state index >= 15 is 0 Å². The quantitative estimate of drug-likeness (QED) is 0.267. The minimum Gasteiger partial charge on any atom is -0.467 e. The molecule has 38 heavy (non-hydrogen) atoms. The molecule has 3 heterocycles. The van der Waals surface area contributed by atoms with E-state index in [1.165, 1.54) is 11.8 Å². The number of likely N-dealkylation sites (tertiary alicyclic amines) is 1. The molecule has 196 valence electrons. The fourth-order valence-electron chi connectivity index (χ4n) is 4.70. The molecule has 0 spiro atoms. The van der Waals surface area contributed by atoms with Gasteiger partial charge in [-0.1, -0.05) is 36.0 Å². The Kier molecular flexibility index (Phi) is 7.93. The second-order valence-corrected chi connectivity index (χ2v) is 10.4. The van der Waals surface area contributed by atoms with Crippen LogP contribution in [0.25, 0.3) is 10.9 Å². The normalized spacial score (nSPS) is 15.5. The van der Waals surface area contributed by atoms with Crippen molar-refractivity contribution in [2.45, 2.75) is 50.5 Å². The maximum absolute atomic E-state index is 13.5. The number of hydrogen-bond acceptors (Lipinski definition) is 6. The Morgan fingerprint density at radius 1 is 1.08 bits per heavy atom. The van der Waals surface area contributed by atoms with Crippen molar-refractivity contribution < 1.29 is 14.0 Å². The van der Waals surface area contributed by atoms with E-state index in [1.54, 1.807) is 41.2 Å². The molecule has 8 nitrogen and oxygen atoms in total. The molecule has 2 aromatic heterocycles. The van der Waals surface area contributed by atoms with E-state index in [9.17, 15) is 14.4 Å². The largest absolute Gasteiger partial charge is 0.467 e. The van der Waals surface area contributed by atoms with Gasteiger partial charge in [0, 0.05) is 18.2 Å². The van der Waals surface area contributed by atoms with E-state index in [1.807, 2.05) is 35.2 Å². The van der Waals surface area contributed by atoms with Gasteiger partial charge >= 0.3 is 0 Å². The molecule has 0 aliphatic carbocycles. The summed E-state index contributed by atoms with van der Waals surface area (Å²) in [6.45, 7) is 3.45. The number of nitrogens with one attached hydrogen (secondary N) is 1. The molecule has 0 bridgehead atoms. The molecule has 1 saturated heterocycles. The Morgan fingerprint density at radius 2 is 1.89 bits per heavy atom. The lowest BCUT2D eigenvalue weighted by Gasteiger charge is -2.33. The predicted octanol–water partition coefficient (Wildman–Crippen LogP) is 4.46. The fourth-order valence-corrected chi connectivity index (χ4v) is 5.59. The van der Waals surface area contributed by atoms with Gasteiger partial charge in [0.1, 0.15) is 5.76 Å². The van der Waals surface area contributed by atoms with Crippen molar-refractivity contribution in [2.75, 3.05) is 12.3 Å². The number of thioether (sulfide) groups is 1. The molecule has 1 aliphatic heterocycles. The number of fused-ring (bicyclic) bond motifs is 1. The molecular formula is C29H30N4O4S. The van der Waals surface area contributed by atoms with E-state index in [0.29, 0.717) is 33.9 Å². The first-order valence-electron chi connectivity index (χ1n) is 12.8. The second-order valence-electron chi connectivity index (χ2n) is 9.48. The van der Waals surface area contributed by atoms with Crippen molar-refractivity contribution in [3.8, 4) is 0 Å². The minimum absolute atomic E-state index is 0.0704. The number of piperidine rings is 1. The Morgan fingerprint density at radius 3 is 2.66 bits per heavy atom. The average Bonchev–Trinajstić information content (AvgIpc) is 3.47. The van der Waals surface area contributed by atoms with Crippen molar-refractivity contribution in [3.05, 3.63) is 94.2 Å². The summed E-state index contributed by atoms with van der Waals surface area (Å²) in [5.74, 6) is 0.765. The lowest BCUT2D eigenvalue weighted by Crippen LogP contribution is -2.43. The number of hydrogen-bond donors (Lipinski definition) is 1. The standard InChI is InChI=1S/C29H30N4O4S/c1-20-7-4-5-15-32(20)26(34)19-38-29-31-25-10-3-2-9-24(25)28(36)33(29)18-21-11-13-22(14-12-21)27(35)30-17-23-8-6-16-37-23/h2-3,6,8-14,16,20H,4-5,7,15,17-19H2,1H3,(H,30,35)/t20-/m0/s1. The van der Waals surface area contributed by atoms with Gasteiger partial charge in [0.25, 0.3) is 11.5 Å². The number of benzene rings is 2. The topological polar surface area (TPSA) is 97.4 Å². The first kappa shape index (κ1) is 25.8. The number of aromatic nitrogens is 2. The highest BCUT2D eigenvalue weighted by molar-refractivity contribution is 7.99. The lowest BCUT2D eigenvalue weighted by molar-refractivity contribution is -0.131. The molecule has 2 amide bonds. The maximum atomic E-state index is 13.5. The first-order chi connectivity index (χ1) is 18.5. The van der Waals surface area contributed by atoms with Crippen LogP contribution in [-0.4, -0.2) is 44.6 Å². The van der Waals surface area contributed by atoms with Crippen LogP contribution in [0, 0.1) is 0 Å². The summed E-state index contributed by atoms with van der Waals surface area (Å²) in [6.07, 6.45) is 4.76. The van der Waals surface area contributed by atoms with E-state index < -0.39 is 0 Å². The summed E-state index contributed by atoms with van der Waals surface area (Å²) < 4.78 is 6.87. The van der Waals surface area contributed by atoms with Gasteiger partial charge in [-0.25, -0.2) is 4.98 Å². The van der Waals surface area contributed by atoms with Crippen molar-refractivity contribution in [1.29, 1.82) is 0 Å². The highest BCUT2D eigenvalue weighted by Crippen LogP contribution is 2.22. The van der Waals surface area contributed by atoms with Gasteiger partial charge in [-0.2, -0.15) is 0 Å². The molecule has 0 radical (unpaired) electrons. The molecule has 1 fully saturated rings. The lowest BCUT2D eigenvalue weighted by atomic mass is 10.0. The number of nitrogens with zero attached hydrogens (tertiary/aromatic N) is 3.